The molecule has 4 aromatic carbocycles. The first kappa shape index (κ1) is 20.8. The van der Waals surface area contributed by atoms with Gasteiger partial charge in [-0.15, -0.1) is 0 Å². The first-order chi connectivity index (χ1) is 15.2. The van der Waals surface area contributed by atoms with Crippen molar-refractivity contribution in [1.82, 2.24) is 0 Å². The number of hydrogen-bond acceptors (Lipinski definition) is 3. The van der Waals surface area contributed by atoms with E-state index >= 15 is 4.39 Å². The summed E-state index contributed by atoms with van der Waals surface area (Å²) in [5.74, 6) is -0.108. The Bertz CT molecular complexity index is 1150. The lowest BCUT2D eigenvalue weighted by atomic mass is 10.2. The van der Waals surface area contributed by atoms with Crippen molar-refractivity contribution in [2.45, 2.75) is 23.0 Å². The smallest absolute Gasteiger partial charge is 0.147 e. The molecule has 0 N–H and O–H groups in total. The Labute approximate surface area is 183 Å². The van der Waals surface area contributed by atoms with E-state index in [0.29, 0.717) is 17.3 Å². The van der Waals surface area contributed by atoms with Crippen LogP contribution >= 0.6 is 0 Å². The maximum atomic E-state index is 15.1. The highest BCUT2D eigenvalue weighted by atomic mass is 32.2. The van der Waals surface area contributed by atoms with Crippen LogP contribution in [0.4, 0.5) is 4.39 Å². The van der Waals surface area contributed by atoms with Crippen LogP contribution in [0.25, 0.3) is 0 Å². The third-order valence-electron chi connectivity index (χ3n) is 4.61. The van der Waals surface area contributed by atoms with Crippen molar-refractivity contribution in [2.24, 2.45) is 0 Å². The minimum absolute atomic E-state index is 0.00851. The van der Waals surface area contributed by atoms with E-state index in [9.17, 15) is 4.21 Å². The number of ether oxygens (including phenoxy) is 2. The summed E-state index contributed by atoms with van der Waals surface area (Å²) in [6, 6.07) is 30.8. The zero-order chi connectivity index (χ0) is 21.5. The van der Waals surface area contributed by atoms with Crippen LogP contribution in [0.15, 0.2) is 113 Å². The van der Waals surface area contributed by atoms with Crippen LogP contribution in [-0.2, 0) is 24.0 Å². The maximum Gasteiger partial charge on any atom is 0.147 e. The second-order valence-electron chi connectivity index (χ2n) is 6.86. The Hall–Kier alpha value is -3.44. The zero-order valence-electron chi connectivity index (χ0n) is 16.7. The summed E-state index contributed by atoms with van der Waals surface area (Å²) in [5, 5.41) is 0. The number of halogens is 1. The molecule has 0 fully saturated rings. The quantitative estimate of drug-likeness (QED) is 0.335. The summed E-state index contributed by atoms with van der Waals surface area (Å²) in [7, 11) is -1.73. The Morgan fingerprint density at radius 1 is 0.677 bits per heavy atom. The Kier molecular flexibility index (Phi) is 6.75. The van der Waals surface area contributed by atoms with Crippen LogP contribution in [0.2, 0.25) is 0 Å². The molecule has 0 bridgehead atoms. The molecule has 156 valence electrons. The van der Waals surface area contributed by atoms with Gasteiger partial charge in [-0.2, -0.15) is 0 Å². The Morgan fingerprint density at radius 3 is 1.77 bits per heavy atom. The average Bonchev–Trinajstić information content (AvgIpc) is 2.83. The van der Waals surface area contributed by atoms with E-state index in [1.807, 2.05) is 66.7 Å². The van der Waals surface area contributed by atoms with E-state index in [0.717, 1.165) is 11.1 Å². The highest BCUT2D eigenvalue weighted by molar-refractivity contribution is 7.85. The predicted molar refractivity (Wildman–Crippen MR) is 119 cm³/mol. The summed E-state index contributed by atoms with van der Waals surface area (Å²) < 4.78 is 40.0. The topological polar surface area (TPSA) is 35.5 Å². The number of benzene rings is 4. The highest BCUT2D eigenvalue weighted by Gasteiger charge is 2.21. The fourth-order valence-corrected chi connectivity index (χ4v) is 4.23. The van der Waals surface area contributed by atoms with Crippen LogP contribution in [0.5, 0.6) is 11.5 Å². The van der Waals surface area contributed by atoms with Crippen LogP contribution in [-0.4, -0.2) is 4.21 Å². The highest BCUT2D eigenvalue weighted by Crippen LogP contribution is 2.34. The third-order valence-corrected chi connectivity index (χ3v) is 6.08. The predicted octanol–water partition coefficient (Wildman–Crippen LogP) is 6.15. The van der Waals surface area contributed by atoms with Gasteiger partial charge in [0, 0.05) is 17.0 Å². The summed E-state index contributed by atoms with van der Waals surface area (Å²) in [6.07, 6.45) is 0. The molecular formula is C26H21FO3S. The maximum absolute atomic E-state index is 15.1. The molecule has 3 nitrogen and oxygen atoms in total. The molecule has 0 saturated carbocycles. The monoisotopic (exact) mass is 432 g/mol. The Morgan fingerprint density at radius 2 is 1.19 bits per heavy atom. The molecule has 0 spiro atoms. The summed E-state index contributed by atoms with van der Waals surface area (Å²) in [4.78, 5) is 0.512. The fraction of sp³-hybridized carbons (Fsp3) is 0.0769. The van der Waals surface area contributed by atoms with Gasteiger partial charge < -0.3 is 9.47 Å². The van der Waals surface area contributed by atoms with E-state index in [1.165, 1.54) is 6.07 Å². The van der Waals surface area contributed by atoms with E-state index in [4.69, 9.17) is 9.47 Å². The minimum Gasteiger partial charge on any atom is -0.489 e. The molecule has 0 radical (unpaired) electrons. The largest absolute Gasteiger partial charge is 0.489 e. The second-order valence-corrected chi connectivity index (χ2v) is 8.28. The number of hydrogen-bond donors (Lipinski definition) is 0. The Balaban J connectivity index is 1.64. The van der Waals surface area contributed by atoms with Gasteiger partial charge in [0.2, 0.25) is 0 Å². The first-order valence-corrected chi connectivity index (χ1v) is 11.0. The van der Waals surface area contributed by atoms with Crippen molar-refractivity contribution in [3.8, 4) is 11.5 Å². The van der Waals surface area contributed by atoms with Crippen molar-refractivity contribution >= 4 is 10.8 Å². The van der Waals surface area contributed by atoms with Gasteiger partial charge in [-0.05, 0) is 23.3 Å². The lowest BCUT2D eigenvalue weighted by molar-refractivity contribution is 0.280. The summed E-state index contributed by atoms with van der Waals surface area (Å²) in [5.41, 5.74) is 1.89. The molecule has 0 heterocycles. The van der Waals surface area contributed by atoms with Crippen molar-refractivity contribution in [2.75, 3.05) is 0 Å². The molecule has 0 aromatic heterocycles. The van der Waals surface area contributed by atoms with Gasteiger partial charge in [0.15, 0.2) is 0 Å². The lowest BCUT2D eigenvalue weighted by Crippen LogP contribution is -2.05. The van der Waals surface area contributed by atoms with Crippen LogP contribution < -0.4 is 9.47 Å². The normalized spacial score (nSPS) is 11.6. The van der Waals surface area contributed by atoms with Crippen LogP contribution in [0.1, 0.15) is 11.1 Å². The van der Waals surface area contributed by atoms with Gasteiger partial charge in [0.25, 0.3) is 0 Å². The van der Waals surface area contributed by atoms with Gasteiger partial charge >= 0.3 is 0 Å². The van der Waals surface area contributed by atoms with Gasteiger partial charge in [-0.1, -0.05) is 78.9 Å². The molecular weight excluding hydrogens is 411 g/mol. The van der Waals surface area contributed by atoms with Gasteiger partial charge in [-0.25, -0.2) is 8.60 Å². The van der Waals surface area contributed by atoms with E-state index < -0.39 is 16.6 Å². The molecule has 4 rings (SSSR count). The molecule has 31 heavy (non-hydrogen) atoms. The van der Waals surface area contributed by atoms with Crippen molar-refractivity contribution < 1.29 is 18.1 Å². The fourth-order valence-electron chi connectivity index (χ4n) is 3.05. The molecule has 5 heteroatoms. The van der Waals surface area contributed by atoms with Crippen molar-refractivity contribution in [1.29, 1.82) is 0 Å². The van der Waals surface area contributed by atoms with Crippen LogP contribution in [0, 0.1) is 5.82 Å². The molecule has 0 saturated heterocycles. The minimum atomic E-state index is -1.73. The molecule has 0 aliphatic carbocycles. The zero-order valence-corrected chi connectivity index (χ0v) is 17.6. The third kappa shape index (κ3) is 5.38. The number of rotatable bonds is 8. The van der Waals surface area contributed by atoms with Gasteiger partial charge in [-0.3, -0.25) is 0 Å². The molecule has 1 atom stereocenters. The molecule has 0 amide bonds. The average molecular weight is 433 g/mol. The molecule has 1 unspecified atom stereocenters. The second kappa shape index (κ2) is 10.0. The first-order valence-electron chi connectivity index (χ1n) is 9.84. The van der Waals surface area contributed by atoms with Crippen LogP contribution in [0.3, 0.4) is 0 Å². The molecule has 0 aliphatic heterocycles. The van der Waals surface area contributed by atoms with E-state index in [-0.39, 0.29) is 17.3 Å². The SMILES string of the molecule is O=S(c1ccccc1)c1c(F)cc(OCc2ccccc2)cc1OCc1ccccc1. The van der Waals surface area contributed by atoms with E-state index in [1.54, 1.807) is 30.3 Å². The van der Waals surface area contributed by atoms with Crippen molar-refractivity contribution in [3.05, 3.63) is 120 Å². The summed E-state index contributed by atoms with van der Waals surface area (Å²) >= 11 is 0. The van der Waals surface area contributed by atoms with Gasteiger partial charge in [0.1, 0.15) is 35.4 Å². The molecule has 0 aliphatic rings. The van der Waals surface area contributed by atoms with Gasteiger partial charge in [0.05, 0.1) is 10.8 Å². The standard InChI is InChI=1S/C26H21FO3S/c27-24-16-22(29-18-20-10-4-1-5-11-20)17-25(30-19-21-12-6-2-7-13-21)26(24)31(28)23-14-8-3-9-15-23/h1-17H,18-19H2. The van der Waals surface area contributed by atoms with Crippen molar-refractivity contribution in [3.63, 3.8) is 0 Å². The molecule has 4 aromatic rings. The summed E-state index contributed by atoms with van der Waals surface area (Å²) in [6.45, 7) is 0.515. The van der Waals surface area contributed by atoms with E-state index in [2.05, 4.69) is 0 Å². The lowest BCUT2D eigenvalue weighted by Gasteiger charge is -2.15.